The highest BCUT2D eigenvalue weighted by molar-refractivity contribution is 6.04. The molecule has 8 heteroatoms. The van der Waals surface area contributed by atoms with Gasteiger partial charge in [-0.3, -0.25) is 4.79 Å². The zero-order valence-corrected chi connectivity index (χ0v) is 15.0. The van der Waals surface area contributed by atoms with E-state index < -0.39 is 0 Å². The lowest BCUT2D eigenvalue weighted by Gasteiger charge is -2.10. The van der Waals surface area contributed by atoms with Crippen LogP contribution in [-0.4, -0.2) is 26.1 Å². The molecule has 27 heavy (non-hydrogen) atoms. The van der Waals surface area contributed by atoms with Crippen molar-refractivity contribution in [3.05, 3.63) is 65.5 Å². The van der Waals surface area contributed by atoms with Crippen LogP contribution in [0, 0.1) is 11.3 Å². The van der Waals surface area contributed by atoms with Crippen LogP contribution >= 0.6 is 0 Å². The molecule has 136 valence electrons. The summed E-state index contributed by atoms with van der Waals surface area (Å²) in [6.07, 6.45) is 0. The maximum Gasteiger partial charge on any atom is 0.255 e. The molecule has 0 aliphatic heterocycles. The molecule has 0 saturated carbocycles. The molecule has 0 spiro atoms. The van der Waals surface area contributed by atoms with E-state index in [1.807, 2.05) is 19.9 Å². The van der Waals surface area contributed by atoms with Gasteiger partial charge in [0.05, 0.1) is 17.7 Å². The second kappa shape index (κ2) is 8.10. The van der Waals surface area contributed by atoms with Crippen LogP contribution in [0.1, 0.15) is 41.6 Å². The van der Waals surface area contributed by atoms with E-state index in [-0.39, 0.29) is 18.6 Å². The summed E-state index contributed by atoms with van der Waals surface area (Å²) < 4.78 is 7.42. The highest BCUT2D eigenvalue weighted by atomic mass is 16.5. The van der Waals surface area contributed by atoms with Crippen LogP contribution in [0.15, 0.2) is 48.5 Å². The molecule has 3 aromatic rings. The molecule has 1 amide bonds. The number of tetrazole rings is 1. The van der Waals surface area contributed by atoms with Crippen molar-refractivity contribution in [3.63, 3.8) is 0 Å². The fraction of sp³-hybridized carbons (Fsp3) is 0.211. The first kappa shape index (κ1) is 18.1. The Morgan fingerprint density at radius 2 is 2.04 bits per heavy atom. The highest BCUT2D eigenvalue weighted by Gasteiger charge is 2.11. The van der Waals surface area contributed by atoms with Crippen LogP contribution < -0.4 is 10.1 Å². The molecule has 0 radical (unpaired) electrons. The van der Waals surface area contributed by atoms with Crippen LogP contribution in [0.2, 0.25) is 0 Å². The third kappa shape index (κ3) is 4.46. The third-order valence-electron chi connectivity index (χ3n) is 3.79. The van der Waals surface area contributed by atoms with Gasteiger partial charge in [-0.15, -0.1) is 5.10 Å². The molecule has 0 saturated heterocycles. The van der Waals surface area contributed by atoms with Crippen molar-refractivity contribution < 1.29 is 9.53 Å². The average Bonchev–Trinajstić information content (AvgIpc) is 3.16. The molecular weight excluding hydrogens is 344 g/mol. The second-order valence-corrected chi connectivity index (χ2v) is 6.09. The smallest absolute Gasteiger partial charge is 0.255 e. The quantitative estimate of drug-likeness (QED) is 0.723. The summed E-state index contributed by atoms with van der Waals surface area (Å²) in [7, 11) is 0. The number of amides is 1. The van der Waals surface area contributed by atoms with Gasteiger partial charge < -0.3 is 10.1 Å². The minimum atomic E-state index is -0.267. The summed E-state index contributed by atoms with van der Waals surface area (Å²) in [6, 6.07) is 15.7. The molecule has 0 atom stereocenters. The monoisotopic (exact) mass is 362 g/mol. The van der Waals surface area contributed by atoms with Crippen molar-refractivity contribution in [1.82, 2.24) is 20.2 Å². The lowest BCUT2D eigenvalue weighted by Crippen LogP contribution is -2.13. The summed E-state index contributed by atoms with van der Waals surface area (Å²) in [4.78, 5) is 12.4. The number of nitrogens with one attached hydrogen (secondary N) is 1. The molecule has 1 aromatic heterocycles. The molecule has 0 fully saturated rings. The Morgan fingerprint density at radius 1 is 1.26 bits per heavy atom. The van der Waals surface area contributed by atoms with Gasteiger partial charge in [-0.1, -0.05) is 6.07 Å². The summed E-state index contributed by atoms with van der Waals surface area (Å²) in [5.74, 6) is 0.885. The summed E-state index contributed by atoms with van der Waals surface area (Å²) in [5, 5.41) is 23.1. The number of aromatic nitrogens is 4. The van der Waals surface area contributed by atoms with Crippen molar-refractivity contribution in [2.75, 3.05) is 5.32 Å². The number of carbonyl (C=O) groups is 1. The SMILES string of the molecule is CC(C)n1nnnc1COc1cccc(C(=O)Nc2ccc(C#N)cc2)c1. The van der Waals surface area contributed by atoms with Crippen LogP contribution in [0.4, 0.5) is 5.69 Å². The molecule has 3 rings (SSSR count). The average molecular weight is 362 g/mol. The summed E-state index contributed by atoms with van der Waals surface area (Å²) in [6.45, 7) is 4.16. The van der Waals surface area contributed by atoms with Gasteiger partial charge in [0.15, 0.2) is 5.82 Å². The van der Waals surface area contributed by atoms with Gasteiger partial charge in [0.1, 0.15) is 12.4 Å². The summed E-state index contributed by atoms with van der Waals surface area (Å²) in [5.41, 5.74) is 1.61. The van der Waals surface area contributed by atoms with Gasteiger partial charge in [0.25, 0.3) is 5.91 Å². The van der Waals surface area contributed by atoms with Crippen LogP contribution in [0.25, 0.3) is 0 Å². The number of hydrogen-bond acceptors (Lipinski definition) is 6. The topological polar surface area (TPSA) is 106 Å². The molecule has 0 bridgehead atoms. The van der Waals surface area contributed by atoms with E-state index in [0.717, 1.165) is 0 Å². The first-order valence-corrected chi connectivity index (χ1v) is 8.38. The molecule has 1 heterocycles. The van der Waals surface area contributed by atoms with Crippen molar-refractivity contribution in [3.8, 4) is 11.8 Å². The first-order chi connectivity index (χ1) is 13.1. The van der Waals surface area contributed by atoms with E-state index in [9.17, 15) is 4.79 Å². The number of nitrogens with zero attached hydrogens (tertiary/aromatic N) is 5. The van der Waals surface area contributed by atoms with E-state index in [1.165, 1.54) is 0 Å². The maximum atomic E-state index is 12.4. The summed E-state index contributed by atoms with van der Waals surface area (Å²) >= 11 is 0. The Morgan fingerprint density at radius 3 is 2.74 bits per heavy atom. The fourth-order valence-corrected chi connectivity index (χ4v) is 2.41. The van der Waals surface area contributed by atoms with Gasteiger partial charge in [0, 0.05) is 11.3 Å². The number of ether oxygens (including phenoxy) is 1. The number of anilines is 1. The Labute approximate surface area is 156 Å². The Hall–Kier alpha value is -3.73. The lowest BCUT2D eigenvalue weighted by molar-refractivity contribution is 0.102. The largest absolute Gasteiger partial charge is 0.486 e. The predicted octanol–water partition coefficient (Wildman–Crippen LogP) is 2.96. The zero-order chi connectivity index (χ0) is 19.2. The Kier molecular flexibility index (Phi) is 5.42. The number of hydrogen-bond donors (Lipinski definition) is 1. The number of benzene rings is 2. The van der Waals surface area contributed by atoms with E-state index in [4.69, 9.17) is 10.00 Å². The number of rotatable bonds is 6. The van der Waals surface area contributed by atoms with Crippen molar-refractivity contribution in [2.24, 2.45) is 0 Å². The lowest BCUT2D eigenvalue weighted by atomic mass is 10.2. The third-order valence-corrected chi connectivity index (χ3v) is 3.79. The highest BCUT2D eigenvalue weighted by Crippen LogP contribution is 2.17. The van der Waals surface area contributed by atoms with E-state index in [1.54, 1.807) is 53.2 Å². The molecule has 0 aliphatic rings. The maximum absolute atomic E-state index is 12.4. The fourth-order valence-electron chi connectivity index (χ4n) is 2.41. The van der Waals surface area contributed by atoms with Gasteiger partial charge in [0.2, 0.25) is 0 Å². The minimum Gasteiger partial charge on any atom is -0.486 e. The molecular formula is C19H18N6O2. The van der Waals surface area contributed by atoms with Crippen LogP contribution in [-0.2, 0) is 6.61 Å². The first-order valence-electron chi connectivity index (χ1n) is 8.38. The molecule has 0 aliphatic carbocycles. The van der Waals surface area contributed by atoms with E-state index in [0.29, 0.717) is 28.4 Å². The van der Waals surface area contributed by atoms with E-state index in [2.05, 4.69) is 20.8 Å². The van der Waals surface area contributed by atoms with Gasteiger partial charge >= 0.3 is 0 Å². The number of nitriles is 1. The van der Waals surface area contributed by atoms with Crippen LogP contribution in [0.5, 0.6) is 5.75 Å². The molecule has 8 nitrogen and oxygen atoms in total. The van der Waals surface area contributed by atoms with Crippen molar-refractivity contribution in [2.45, 2.75) is 26.5 Å². The standard InChI is InChI=1S/C19H18N6O2/c1-13(2)25-18(22-23-24-25)12-27-17-5-3-4-15(10-17)19(26)21-16-8-6-14(11-20)7-9-16/h3-10,13H,12H2,1-2H3,(H,21,26). The van der Waals surface area contributed by atoms with Crippen LogP contribution in [0.3, 0.4) is 0 Å². The number of carbonyl (C=O) groups excluding carboxylic acids is 1. The normalized spacial score (nSPS) is 10.4. The zero-order valence-electron chi connectivity index (χ0n) is 15.0. The van der Waals surface area contributed by atoms with E-state index >= 15 is 0 Å². The minimum absolute atomic E-state index is 0.128. The van der Waals surface area contributed by atoms with Gasteiger partial charge in [-0.2, -0.15) is 5.26 Å². The van der Waals surface area contributed by atoms with Crippen molar-refractivity contribution >= 4 is 11.6 Å². The second-order valence-electron chi connectivity index (χ2n) is 6.09. The Balaban J connectivity index is 1.66. The molecule has 2 aromatic carbocycles. The molecule has 0 unspecified atom stereocenters. The Bertz CT molecular complexity index is 972. The van der Waals surface area contributed by atoms with Crippen molar-refractivity contribution in [1.29, 1.82) is 5.26 Å². The van der Waals surface area contributed by atoms with Gasteiger partial charge in [-0.25, -0.2) is 4.68 Å². The predicted molar refractivity (Wildman–Crippen MR) is 98.1 cm³/mol. The van der Waals surface area contributed by atoms with Gasteiger partial charge in [-0.05, 0) is 66.7 Å². The molecule has 1 N–H and O–H groups in total.